The van der Waals surface area contributed by atoms with Crippen LogP contribution in [0.2, 0.25) is 0 Å². The molecule has 92 valence electrons. The smallest absolute Gasteiger partial charge is 0.308 e. The molecule has 0 aliphatic carbocycles. The van der Waals surface area contributed by atoms with Crippen LogP contribution in [0.1, 0.15) is 32.6 Å². The SMILES string of the molecule is CCCC(CNC(=O)[C@@H]1CCCO1)C(=O)O. The van der Waals surface area contributed by atoms with Crippen LogP contribution in [0.5, 0.6) is 0 Å². The number of carboxylic acid groups (broad SMARTS) is 1. The number of ether oxygens (including phenoxy) is 1. The summed E-state index contributed by atoms with van der Waals surface area (Å²) >= 11 is 0. The van der Waals surface area contributed by atoms with Crippen LogP contribution in [-0.2, 0) is 14.3 Å². The minimum absolute atomic E-state index is 0.181. The number of carbonyl (C=O) groups is 2. The molecule has 1 rings (SSSR count). The number of nitrogens with one attached hydrogen (secondary N) is 1. The Bertz CT molecular complexity index is 248. The first-order valence-electron chi connectivity index (χ1n) is 5.77. The number of hydrogen-bond acceptors (Lipinski definition) is 3. The molecule has 0 bridgehead atoms. The molecule has 1 unspecified atom stereocenters. The number of carbonyl (C=O) groups excluding carboxylic acids is 1. The first-order chi connectivity index (χ1) is 7.65. The molecule has 0 saturated carbocycles. The zero-order valence-corrected chi connectivity index (χ0v) is 9.57. The van der Waals surface area contributed by atoms with Gasteiger partial charge in [0, 0.05) is 13.2 Å². The second-order valence-electron chi connectivity index (χ2n) is 4.07. The third-order valence-corrected chi connectivity index (χ3v) is 2.73. The van der Waals surface area contributed by atoms with E-state index >= 15 is 0 Å². The molecule has 5 nitrogen and oxygen atoms in total. The van der Waals surface area contributed by atoms with Gasteiger partial charge in [0.2, 0.25) is 5.91 Å². The van der Waals surface area contributed by atoms with E-state index in [4.69, 9.17) is 9.84 Å². The molecule has 1 amide bonds. The van der Waals surface area contributed by atoms with Crippen LogP contribution in [-0.4, -0.2) is 36.2 Å². The van der Waals surface area contributed by atoms with Crippen LogP contribution in [0.25, 0.3) is 0 Å². The first kappa shape index (κ1) is 13.0. The van der Waals surface area contributed by atoms with E-state index in [0.717, 1.165) is 19.3 Å². The maximum Gasteiger partial charge on any atom is 0.308 e. The molecule has 2 N–H and O–H groups in total. The highest BCUT2D eigenvalue weighted by Gasteiger charge is 2.25. The largest absolute Gasteiger partial charge is 0.481 e. The van der Waals surface area contributed by atoms with Gasteiger partial charge in [-0.2, -0.15) is 0 Å². The van der Waals surface area contributed by atoms with Crippen molar-refractivity contribution in [3.63, 3.8) is 0 Å². The highest BCUT2D eigenvalue weighted by molar-refractivity contribution is 5.81. The summed E-state index contributed by atoms with van der Waals surface area (Å²) in [4.78, 5) is 22.4. The third kappa shape index (κ3) is 3.81. The molecule has 0 aromatic carbocycles. The standard InChI is InChI=1S/C11H19NO4/c1-2-4-8(11(14)15)7-12-10(13)9-5-3-6-16-9/h8-9H,2-7H2,1H3,(H,12,13)(H,14,15)/t8?,9-/m0/s1. The monoisotopic (exact) mass is 229 g/mol. The zero-order chi connectivity index (χ0) is 12.0. The summed E-state index contributed by atoms with van der Waals surface area (Å²) in [5.74, 6) is -1.52. The van der Waals surface area contributed by atoms with Crippen molar-refractivity contribution in [1.29, 1.82) is 0 Å². The van der Waals surface area contributed by atoms with E-state index in [0.29, 0.717) is 13.0 Å². The predicted octanol–water partition coefficient (Wildman–Crippen LogP) is 0.782. The van der Waals surface area contributed by atoms with Gasteiger partial charge in [0.15, 0.2) is 0 Å². The van der Waals surface area contributed by atoms with Crippen molar-refractivity contribution in [3.05, 3.63) is 0 Å². The Morgan fingerprint density at radius 2 is 2.31 bits per heavy atom. The van der Waals surface area contributed by atoms with E-state index < -0.39 is 11.9 Å². The summed E-state index contributed by atoms with van der Waals surface area (Å²) in [6.07, 6.45) is 2.64. The van der Waals surface area contributed by atoms with Crippen molar-refractivity contribution in [2.45, 2.75) is 38.7 Å². The Kier molecular flexibility index (Phi) is 5.25. The molecule has 0 aromatic rings. The Balaban J connectivity index is 2.30. The molecular formula is C11H19NO4. The summed E-state index contributed by atoms with van der Waals surface area (Å²) in [6, 6.07) is 0. The minimum Gasteiger partial charge on any atom is -0.481 e. The van der Waals surface area contributed by atoms with Crippen molar-refractivity contribution >= 4 is 11.9 Å². The van der Waals surface area contributed by atoms with Gasteiger partial charge in [-0.1, -0.05) is 13.3 Å². The molecule has 2 atom stereocenters. The lowest BCUT2D eigenvalue weighted by Crippen LogP contribution is -2.38. The Labute approximate surface area is 95.2 Å². The average Bonchev–Trinajstić information content (AvgIpc) is 2.76. The molecule has 0 radical (unpaired) electrons. The molecule has 1 fully saturated rings. The van der Waals surface area contributed by atoms with Gasteiger partial charge < -0.3 is 15.2 Å². The second-order valence-corrected chi connectivity index (χ2v) is 4.07. The summed E-state index contributed by atoms with van der Waals surface area (Å²) in [5.41, 5.74) is 0. The van der Waals surface area contributed by atoms with E-state index in [1.165, 1.54) is 0 Å². The Hall–Kier alpha value is -1.10. The highest BCUT2D eigenvalue weighted by atomic mass is 16.5. The van der Waals surface area contributed by atoms with Crippen molar-refractivity contribution in [2.75, 3.05) is 13.2 Å². The lowest BCUT2D eigenvalue weighted by atomic mass is 10.0. The maximum absolute atomic E-state index is 11.5. The fraction of sp³-hybridized carbons (Fsp3) is 0.818. The van der Waals surface area contributed by atoms with Gasteiger partial charge in [-0.25, -0.2) is 0 Å². The maximum atomic E-state index is 11.5. The Morgan fingerprint density at radius 1 is 1.56 bits per heavy atom. The molecular weight excluding hydrogens is 210 g/mol. The van der Waals surface area contributed by atoms with Crippen LogP contribution in [0.15, 0.2) is 0 Å². The van der Waals surface area contributed by atoms with E-state index in [9.17, 15) is 9.59 Å². The third-order valence-electron chi connectivity index (χ3n) is 2.73. The fourth-order valence-electron chi connectivity index (χ4n) is 1.78. The number of hydrogen-bond donors (Lipinski definition) is 2. The fourth-order valence-corrected chi connectivity index (χ4v) is 1.78. The number of amides is 1. The van der Waals surface area contributed by atoms with E-state index in [-0.39, 0.29) is 18.6 Å². The minimum atomic E-state index is -0.852. The van der Waals surface area contributed by atoms with Crippen molar-refractivity contribution < 1.29 is 19.4 Å². The molecule has 16 heavy (non-hydrogen) atoms. The van der Waals surface area contributed by atoms with Crippen molar-refractivity contribution in [1.82, 2.24) is 5.32 Å². The molecule has 1 aliphatic heterocycles. The molecule has 1 saturated heterocycles. The number of rotatable bonds is 6. The molecule has 5 heteroatoms. The van der Waals surface area contributed by atoms with Gasteiger partial charge in [-0.05, 0) is 19.3 Å². The van der Waals surface area contributed by atoms with Gasteiger partial charge >= 0.3 is 5.97 Å². The summed E-state index contributed by atoms with van der Waals surface area (Å²) in [7, 11) is 0. The van der Waals surface area contributed by atoms with E-state index in [1.54, 1.807) is 0 Å². The first-order valence-corrected chi connectivity index (χ1v) is 5.77. The number of aliphatic carboxylic acids is 1. The summed E-state index contributed by atoms with van der Waals surface area (Å²) in [6.45, 7) is 2.75. The van der Waals surface area contributed by atoms with Crippen LogP contribution in [0.3, 0.4) is 0 Å². The molecule has 1 aliphatic rings. The van der Waals surface area contributed by atoms with Crippen LogP contribution >= 0.6 is 0 Å². The lowest BCUT2D eigenvalue weighted by Gasteiger charge is -2.14. The van der Waals surface area contributed by atoms with Crippen LogP contribution in [0, 0.1) is 5.92 Å². The molecule has 0 spiro atoms. The van der Waals surface area contributed by atoms with Gasteiger partial charge in [0.25, 0.3) is 0 Å². The van der Waals surface area contributed by atoms with Crippen LogP contribution < -0.4 is 5.32 Å². The second kappa shape index (κ2) is 6.48. The normalized spacial score (nSPS) is 21.7. The lowest BCUT2D eigenvalue weighted by molar-refractivity contribution is -0.142. The highest BCUT2D eigenvalue weighted by Crippen LogP contribution is 2.12. The Morgan fingerprint density at radius 3 is 2.81 bits per heavy atom. The van der Waals surface area contributed by atoms with Gasteiger partial charge in [0.05, 0.1) is 5.92 Å². The molecule has 1 heterocycles. The van der Waals surface area contributed by atoms with Crippen LogP contribution in [0.4, 0.5) is 0 Å². The molecule has 0 aromatic heterocycles. The van der Waals surface area contributed by atoms with Crippen molar-refractivity contribution in [2.24, 2.45) is 5.92 Å². The van der Waals surface area contributed by atoms with Gasteiger partial charge in [0.1, 0.15) is 6.10 Å². The predicted molar refractivity (Wildman–Crippen MR) is 58.0 cm³/mol. The van der Waals surface area contributed by atoms with Gasteiger partial charge in [-0.3, -0.25) is 9.59 Å². The zero-order valence-electron chi connectivity index (χ0n) is 9.57. The van der Waals surface area contributed by atoms with Gasteiger partial charge in [-0.15, -0.1) is 0 Å². The van der Waals surface area contributed by atoms with Crippen molar-refractivity contribution in [3.8, 4) is 0 Å². The quantitative estimate of drug-likeness (QED) is 0.705. The summed E-state index contributed by atoms with van der Waals surface area (Å²) < 4.78 is 5.21. The topological polar surface area (TPSA) is 75.6 Å². The van der Waals surface area contributed by atoms with E-state index in [2.05, 4.69) is 5.32 Å². The van der Waals surface area contributed by atoms with E-state index in [1.807, 2.05) is 6.92 Å². The summed E-state index contributed by atoms with van der Waals surface area (Å²) in [5, 5.41) is 11.5. The average molecular weight is 229 g/mol. The number of carboxylic acids is 1.